The quantitative estimate of drug-likeness (QED) is 0.0467. The monoisotopic (exact) mass is 1150 g/mol. The summed E-state index contributed by atoms with van der Waals surface area (Å²) < 4.78 is 4.91. The van der Waals surface area contributed by atoms with Crippen molar-refractivity contribution in [3.05, 3.63) is 186 Å². The highest BCUT2D eigenvalue weighted by Gasteiger charge is 2.45. The Morgan fingerprint density at radius 1 is 0.600 bits per heavy atom. The van der Waals surface area contributed by atoms with E-state index in [1.54, 1.807) is 11.8 Å². The van der Waals surface area contributed by atoms with Gasteiger partial charge in [-0.05, 0) is 93.3 Å². The Kier molecular flexibility index (Phi) is 22.4. The van der Waals surface area contributed by atoms with Crippen molar-refractivity contribution in [3.8, 4) is 23.7 Å². The van der Waals surface area contributed by atoms with Crippen LogP contribution in [0, 0.1) is 37.5 Å². The fraction of sp³-hybridized carbons (Fsp3) is 0.295. The van der Waals surface area contributed by atoms with E-state index in [0.29, 0.717) is 19.5 Å². The largest absolute Gasteiger partial charge is 0.450 e. The lowest BCUT2D eigenvalue weighted by molar-refractivity contribution is -0.133. The number of hydrogen-bond acceptors (Lipinski definition) is 12. The number of benzene rings is 4. The SMILES string of the molecule is CCOC(=O)N[C@H](CN1C(=O)C(CC(=O)NCCc2ccc(C)cc2)SC1c1ccc(C#Cc2ccccc2)s1)C(N)=O.Cc1ccc(CCNC(=O)CC2SC(c3ccc(C#Cc4ccccc4)s3)N(CCC(N)=O)C2=O)cc1. The summed E-state index contributed by atoms with van der Waals surface area (Å²) in [6.07, 6.45) is 0.739. The van der Waals surface area contributed by atoms with Crippen LogP contribution in [0.1, 0.15) is 89.8 Å². The van der Waals surface area contributed by atoms with Gasteiger partial charge < -0.3 is 42.0 Å². The number of alkyl carbamates (subject to hydrolysis) is 1. The van der Waals surface area contributed by atoms with Crippen molar-refractivity contribution in [2.45, 2.75) is 80.2 Å². The Bertz CT molecular complexity index is 3240. The summed E-state index contributed by atoms with van der Waals surface area (Å²) in [5.41, 5.74) is 17.4. The standard InChI is InChI=1S/C32H34N4O5S2.C29H29N3O3S2/c1-3-41-32(40)35-25(29(33)38)20-36-30(39)27(19-28(37)34-18-17-23-11-9-21(2)10-12-23)43-31(36)26-16-15-24(42-26)14-13-22-7-5-4-6-8-22;1-20-7-9-22(10-8-20)15-17-31-27(34)19-25-28(35)32(18-16-26(30)33)29(37-25)24-14-13-23(36-24)12-11-21-5-3-2-4-6-21/h4-12,15-16,25,27,31H,3,17-20H2,1-2H3,(H2,33,38)(H,34,37)(H,35,40);2-10,13-14,25,29H,15-19H2,1H3,(H2,30,33)(H,31,34)/t25-,27?,31?;/m1./s1. The van der Waals surface area contributed by atoms with E-state index in [1.165, 1.54) is 62.2 Å². The molecule has 414 valence electrons. The molecule has 80 heavy (non-hydrogen) atoms. The first-order chi connectivity index (χ1) is 38.6. The number of ether oxygens (including phenoxy) is 1. The van der Waals surface area contributed by atoms with Crippen LogP contribution in [0.15, 0.2) is 133 Å². The zero-order valence-electron chi connectivity index (χ0n) is 44.6. The summed E-state index contributed by atoms with van der Waals surface area (Å²) >= 11 is 5.72. The van der Waals surface area contributed by atoms with E-state index in [-0.39, 0.29) is 68.0 Å². The number of nitrogens with two attached hydrogens (primary N) is 2. The maximum atomic E-state index is 13.6. The lowest BCUT2D eigenvalue weighted by Crippen LogP contribution is -2.52. The van der Waals surface area contributed by atoms with Crippen molar-refractivity contribution in [1.29, 1.82) is 0 Å². The van der Waals surface area contributed by atoms with Gasteiger partial charge in [0.15, 0.2) is 0 Å². The van der Waals surface area contributed by atoms with Gasteiger partial charge in [-0.3, -0.25) is 28.8 Å². The van der Waals surface area contributed by atoms with Crippen LogP contribution in [0.3, 0.4) is 0 Å². The minimum absolute atomic E-state index is 0.0248. The number of aryl methyl sites for hydroxylation is 2. The van der Waals surface area contributed by atoms with E-state index in [4.69, 9.17) is 16.2 Å². The number of thiophene rings is 2. The number of carbonyl (C=O) groups excluding carboxylic acids is 7. The van der Waals surface area contributed by atoms with Crippen LogP contribution >= 0.6 is 46.2 Å². The number of nitrogens with one attached hydrogen (secondary N) is 3. The fourth-order valence-corrected chi connectivity index (χ4v) is 13.4. The van der Waals surface area contributed by atoms with E-state index < -0.39 is 39.8 Å². The molecule has 8 rings (SSSR count). The lowest BCUT2D eigenvalue weighted by Gasteiger charge is -2.27. The second kappa shape index (κ2) is 30.0. The summed E-state index contributed by atoms with van der Waals surface area (Å²) in [6, 6.07) is 42.2. The third-order valence-corrected chi connectivity index (χ3v) is 17.9. The molecule has 2 aliphatic heterocycles. The average Bonchev–Trinajstić information content (AvgIpc) is 4.25. The van der Waals surface area contributed by atoms with Gasteiger partial charge in [-0.2, -0.15) is 0 Å². The van der Waals surface area contributed by atoms with Gasteiger partial charge in [0.05, 0.1) is 33.4 Å². The Morgan fingerprint density at radius 2 is 1.05 bits per heavy atom. The molecule has 7 amide bonds. The zero-order valence-corrected chi connectivity index (χ0v) is 47.9. The van der Waals surface area contributed by atoms with Crippen molar-refractivity contribution in [2.75, 3.05) is 32.8 Å². The molecule has 2 aromatic heterocycles. The minimum Gasteiger partial charge on any atom is -0.450 e. The van der Waals surface area contributed by atoms with Crippen LogP contribution < -0.4 is 27.4 Å². The predicted molar refractivity (Wildman–Crippen MR) is 317 cm³/mol. The molecule has 0 saturated carbocycles. The molecule has 0 radical (unpaired) electrons. The van der Waals surface area contributed by atoms with Crippen molar-refractivity contribution in [2.24, 2.45) is 11.5 Å². The number of primary amides is 2. The average molecular weight is 1150 g/mol. The minimum atomic E-state index is -1.18. The Labute approximate surface area is 483 Å². The highest BCUT2D eigenvalue weighted by molar-refractivity contribution is 8.01. The molecule has 19 heteroatoms. The highest BCUT2D eigenvalue weighted by atomic mass is 32.2. The zero-order chi connectivity index (χ0) is 57.0. The molecule has 2 fully saturated rings. The summed E-state index contributed by atoms with van der Waals surface area (Å²) in [5.74, 6) is 10.5. The van der Waals surface area contributed by atoms with Gasteiger partial charge in [0.25, 0.3) is 0 Å². The highest BCUT2D eigenvalue weighted by Crippen LogP contribution is 2.47. The Balaban J connectivity index is 0.000000234. The first-order valence-electron chi connectivity index (χ1n) is 26.0. The van der Waals surface area contributed by atoms with E-state index in [9.17, 15) is 33.6 Å². The molecule has 0 spiro atoms. The van der Waals surface area contributed by atoms with E-state index in [0.717, 1.165) is 48.2 Å². The molecule has 2 aliphatic rings. The van der Waals surface area contributed by atoms with Crippen LogP contribution in [0.5, 0.6) is 0 Å². The molecular weight excluding hydrogens is 1090 g/mol. The second-order valence-corrected chi connectivity index (χ2v) is 23.5. The van der Waals surface area contributed by atoms with Gasteiger partial charge in [0.2, 0.25) is 35.4 Å². The third kappa shape index (κ3) is 18.1. The summed E-state index contributed by atoms with van der Waals surface area (Å²) in [4.78, 5) is 94.8. The van der Waals surface area contributed by atoms with Gasteiger partial charge in [0.1, 0.15) is 16.8 Å². The Morgan fingerprint density at radius 3 is 1.49 bits per heavy atom. The normalized spacial score (nSPS) is 16.7. The maximum absolute atomic E-state index is 13.6. The molecule has 4 unspecified atom stereocenters. The second-order valence-electron chi connectivity index (χ2n) is 18.7. The number of thioether (sulfide) groups is 2. The van der Waals surface area contributed by atoms with Crippen LogP contribution in [-0.4, -0.2) is 101 Å². The molecular formula is C61H63N7O8S4. The third-order valence-electron chi connectivity index (χ3n) is 12.6. The smallest absolute Gasteiger partial charge is 0.407 e. The van der Waals surface area contributed by atoms with Gasteiger partial charge in [-0.15, -0.1) is 46.2 Å². The number of nitrogens with zero attached hydrogens (tertiary/aromatic N) is 2. The van der Waals surface area contributed by atoms with Crippen LogP contribution in [0.4, 0.5) is 4.79 Å². The number of rotatable bonds is 20. The van der Waals surface area contributed by atoms with Crippen molar-refractivity contribution in [1.82, 2.24) is 25.8 Å². The molecule has 0 aliphatic carbocycles. The topological polar surface area (TPSA) is 223 Å². The van der Waals surface area contributed by atoms with Crippen molar-refractivity contribution in [3.63, 3.8) is 0 Å². The van der Waals surface area contributed by atoms with E-state index in [2.05, 4.69) is 63.9 Å². The van der Waals surface area contributed by atoms with Crippen LogP contribution in [0.25, 0.3) is 0 Å². The van der Waals surface area contributed by atoms with Crippen molar-refractivity contribution >= 4 is 87.7 Å². The predicted octanol–water partition coefficient (Wildman–Crippen LogP) is 7.77. The number of carbonyl (C=O) groups is 7. The molecule has 4 heterocycles. The number of hydrogen-bond donors (Lipinski definition) is 5. The molecule has 0 bridgehead atoms. The molecule has 4 aromatic carbocycles. The maximum Gasteiger partial charge on any atom is 0.407 e. The lowest BCUT2D eigenvalue weighted by atomic mass is 10.1. The molecule has 6 aromatic rings. The summed E-state index contributed by atoms with van der Waals surface area (Å²) in [5, 5.41) is 6.32. The first kappa shape index (κ1) is 59.8. The van der Waals surface area contributed by atoms with Crippen molar-refractivity contribution < 1.29 is 38.3 Å². The van der Waals surface area contributed by atoms with E-state index >= 15 is 0 Å². The number of amides is 7. The molecule has 7 N–H and O–H groups in total. The van der Waals surface area contributed by atoms with Crippen LogP contribution in [0.2, 0.25) is 0 Å². The van der Waals surface area contributed by atoms with Crippen LogP contribution in [-0.2, 0) is 46.3 Å². The van der Waals surface area contributed by atoms with Gasteiger partial charge >= 0.3 is 6.09 Å². The van der Waals surface area contributed by atoms with E-state index in [1.807, 2.05) is 123 Å². The van der Waals surface area contributed by atoms with Gasteiger partial charge in [-0.25, -0.2) is 4.79 Å². The molecule has 2 saturated heterocycles. The molecule has 5 atom stereocenters. The first-order valence-corrected chi connectivity index (χ1v) is 29.5. The molecule has 15 nitrogen and oxygen atoms in total. The van der Waals surface area contributed by atoms with Gasteiger partial charge in [0, 0.05) is 59.8 Å². The Hall–Kier alpha value is -7.81. The fourth-order valence-electron chi connectivity index (χ4n) is 8.35. The summed E-state index contributed by atoms with van der Waals surface area (Å²) in [6.45, 7) is 6.82. The summed E-state index contributed by atoms with van der Waals surface area (Å²) in [7, 11) is 0. The van der Waals surface area contributed by atoms with Gasteiger partial charge in [-0.1, -0.05) is 120 Å².